The normalized spacial score (nSPS) is 28.4. The Hall–Kier alpha value is -1.35. The van der Waals surface area contributed by atoms with Crippen LogP contribution in [0.2, 0.25) is 0 Å². The Labute approximate surface area is 123 Å². The first-order chi connectivity index (χ1) is 9.79. The average molecular weight is 319 g/mol. The Morgan fingerprint density at radius 1 is 1.33 bits per heavy atom. The largest absolute Gasteiger partial charge is 0.480 e. The van der Waals surface area contributed by atoms with E-state index in [1.54, 1.807) is 0 Å². The van der Waals surface area contributed by atoms with Crippen molar-refractivity contribution >= 4 is 22.0 Å². The standard InChI is InChI=1S/C12H21N3O5S/c13-21(19,20)6-2-5-14-12(18)15-7-8-3-1-4-9(8)10(15)11(16)17/h8-10H,1-7H2,(H,14,18)(H,16,17)(H2,13,19,20). The Balaban J connectivity index is 1.88. The van der Waals surface area contributed by atoms with E-state index < -0.39 is 28.1 Å². The molecule has 2 fully saturated rings. The molecule has 2 amide bonds. The lowest BCUT2D eigenvalue weighted by atomic mass is 9.94. The highest BCUT2D eigenvalue weighted by molar-refractivity contribution is 7.89. The summed E-state index contributed by atoms with van der Waals surface area (Å²) in [6, 6.07) is -1.21. The number of amides is 2. The van der Waals surface area contributed by atoms with Crippen molar-refractivity contribution in [1.29, 1.82) is 0 Å². The number of urea groups is 1. The quantitative estimate of drug-likeness (QED) is 0.591. The lowest BCUT2D eigenvalue weighted by Gasteiger charge is -2.24. The van der Waals surface area contributed by atoms with Gasteiger partial charge >= 0.3 is 12.0 Å². The fourth-order valence-corrected chi connectivity index (χ4v) is 3.95. The summed E-state index contributed by atoms with van der Waals surface area (Å²) in [7, 11) is -3.54. The third kappa shape index (κ3) is 3.85. The van der Waals surface area contributed by atoms with E-state index >= 15 is 0 Å². The number of sulfonamides is 1. The number of rotatable bonds is 5. The minimum atomic E-state index is -3.54. The molecule has 8 nitrogen and oxygen atoms in total. The van der Waals surface area contributed by atoms with Crippen molar-refractivity contribution < 1.29 is 23.1 Å². The van der Waals surface area contributed by atoms with Crippen LogP contribution in [0.15, 0.2) is 0 Å². The maximum Gasteiger partial charge on any atom is 0.326 e. The highest BCUT2D eigenvalue weighted by Gasteiger charge is 2.49. The van der Waals surface area contributed by atoms with Crippen LogP contribution in [-0.4, -0.2) is 55.3 Å². The summed E-state index contributed by atoms with van der Waals surface area (Å²) >= 11 is 0. The zero-order chi connectivity index (χ0) is 15.6. The molecule has 1 saturated heterocycles. The van der Waals surface area contributed by atoms with Crippen molar-refractivity contribution in [3.63, 3.8) is 0 Å². The number of carboxylic acid groups (broad SMARTS) is 1. The summed E-state index contributed by atoms with van der Waals surface area (Å²) in [4.78, 5) is 24.9. The first kappa shape index (κ1) is 16.0. The zero-order valence-corrected chi connectivity index (χ0v) is 12.5. The second-order valence-electron chi connectivity index (χ2n) is 5.74. The van der Waals surface area contributed by atoms with Crippen LogP contribution in [-0.2, 0) is 14.8 Å². The molecule has 0 radical (unpaired) electrons. The number of hydrogen-bond donors (Lipinski definition) is 3. The van der Waals surface area contributed by atoms with Gasteiger partial charge in [0, 0.05) is 13.1 Å². The molecule has 9 heteroatoms. The van der Waals surface area contributed by atoms with Crippen molar-refractivity contribution in [2.45, 2.75) is 31.7 Å². The second-order valence-corrected chi connectivity index (χ2v) is 7.48. The van der Waals surface area contributed by atoms with Gasteiger partial charge in [0.05, 0.1) is 5.75 Å². The van der Waals surface area contributed by atoms with Gasteiger partial charge in [0.2, 0.25) is 10.0 Å². The maximum absolute atomic E-state index is 12.1. The van der Waals surface area contributed by atoms with Crippen molar-refractivity contribution in [1.82, 2.24) is 10.2 Å². The van der Waals surface area contributed by atoms with Crippen LogP contribution in [0.3, 0.4) is 0 Å². The van der Waals surface area contributed by atoms with Crippen molar-refractivity contribution in [3.05, 3.63) is 0 Å². The van der Waals surface area contributed by atoms with Gasteiger partial charge in [0.15, 0.2) is 0 Å². The topological polar surface area (TPSA) is 130 Å². The van der Waals surface area contributed by atoms with Crippen molar-refractivity contribution in [3.8, 4) is 0 Å². The van der Waals surface area contributed by atoms with Gasteiger partial charge in [0.25, 0.3) is 0 Å². The summed E-state index contributed by atoms with van der Waals surface area (Å²) in [6.45, 7) is 0.621. The number of nitrogens with two attached hydrogens (primary N) is 1. The van der Waals surface area contributed by atoms with Gasteiger partial charge in [0.1, 0.15) is 6.04 Å². The van der Waals surface area contributed by atoms with Crippen LogP contribution in [0, 0.1) is 11.8 Å². The fraction of sp³-hybridized carbons (Fsp3) is 0.833. The number of nitrogens with zero attached hydrogens (tertiary/aromatic N) is 1. The third-order valence-electron chi connectivity index (χ3n) is 4.29. The van der Waals surface area contributed by atoms with Gasteiger partial charge in [-0.2, -0.15) is 0 Å². The Morgan fingerprint density at radius 3 is 2.67 bits per heavy atom. The van der Waals surface area contributed by atoms with Crippen LogP contribution in [0.5, 0.6) is 0 Å². The van der Waals surface area contributed by atoms with E-state index in [1.807, 2.05) is 0 Å². The number of carboxylic acids is 1. The molecule has 120 valence electrons. The predicted octanol–water partition coefficient (Wildman–Crippen LogP) is -0.440. The molecule has 1 aliphatic heterocycles. The van der Waals surface area contributed by atoms with E-state index in [1.165, 1.54) is 4.90 Å². The molecule has 1 aliphatic carbocycles. The number of hydrogen-bond acceptors (Lipinski definition) is 4. The van der Waals surface area contributed by atoms with Gasteiger partial charge in [-0.1, -0.05) is 6.42 Å². The monoisotopic (exact) mass is 319 g/mol. The number of nitrogens with one attached hydrogen (secondary N) is 1. The minimum absolute atomic E-state index is 0.0395. The Morgan fingerprint density at radius 2 is 2.05 bits per heavy atom. The molecule has 0 aromatic heterocycles. The van der Waals surface area contributed by atoms with E-state index in [4.69, 9.17) is 5.14 Å². The van der Waals surface area contributed by atoms with E-state index in [2.05, 4.69) is 5.32 Å². The predicted molar refractivity (Wildman–Crippen MR) is 75.0 cm³/mol. The smallest absolute Gasteiger partial charge is 0.326 e. The molecule has 0 bridgehead atoms. The van der Waals surface area contributed by atoms with Crippen LogP contribution >= 0.6 is 0 Å². The maximum atomic E-state index is 12.1. The number of aliphatic carboxylic acids is 1. The van der Waals surface area contributed by atoms with Crippen LogP contribution < -0.4 is 10.5 Å². The molecular weight excluding hydrogens is 298 g/mol. The molecule has 3 atom stereocenters. The van der Waals surface area contributed by atoms with Gasteiger partial charge < -0.3 is 15.3 Å². The molecule has 0 spiro atoms. The number of fused-ring (bicyclic) bond motifs is 1. The Bertz CT molecular complexity index is 521. The van der Waals surface area contributed by atoms with Gasteiger partial charge in [-0.05, 0) is 31.1 Å². The fourth-order valence-electron chi connectivity index (χ4n) is 3.40. The van der Waals surface area contributed by atoms with Crippen LogP contribution in [0.1, 0.15) is 25.7 Å². The molecule has 1 heterocycles. The second kappa shape index (κ2) is 6.18. The van der Waals surface area contributed by atoms with Crippen molar-refractivity contribution in [2.24, 2.45) is 17.0 Å². The van der Waals surface area contributed by atoms with Crippen LogP contribution in [0.25, 0.3) is 0 Å². The molecule has 0 aromatic carbocycles. The summed E-state index contributed by atoms with van der Waals surface area (Å²) in [5.74, 6) is -0.871. The van der Waals surface area contributed by atoms with E-state index in [0.29, 0.717) is 6.54 Å². The van der Waals surface area contributed by atoms with Crippen LogP contribution in [0.4, 0.5) is 4.79 Å². The minimum Gasteiger partial charge on any atom is -0.480 e. The summed E-state index contributed by atoms with van der Waals surface area (Å²) in [6.07, 6.45) is 3.03. The zero-order valence-electron chi connectivity index (χ0n) is 11.7. The number of carbonyl (C=O) groups excluding carboxylic acids is 1. The Kier molecular flexibility index (Phi) is 4.72. The molecule has 3 unspecified atom stereocenters. The van der Waals surface area contributed by atoms with Gasteiger partial charge in [-0.25, -0.2) is 23.1 Å². The SMILES string of the molecule is NS(=O)(=O)CCCNC(=O)N1CC2CCCC2C1C(=O)O. The van der Waals surface area contributed by atoms with Gasteiger partial charge in [-0.15, -0.1) is 0 Å². The molecule has 2 aliphatic rings. The highest BCUT2D eigenvalue weighted by Crippen LogP contribution is 2.42. The first-order valence-corrected chi connectivity index (χ1v) is 8.79. The van der Waals surface area contributed by atoms with E-state index in [0.717, 1.165) is 19.3 Å². The third-order valence-corrected chi connectivity index (χ3v) is 5.14. The molecule has 4 N–H and O–H groups in total. The molecule has 0 aromatic rings. The van der Waals surface area contributed by atoms with E-state index in [-0.39, 0.29) is 30.6 Å². The molecular formula is C12H21N3O5S. The van der Waals surface area contributed by atoms with Crippen molar-refractivity contribution in [2.75, 3.05) is 18.8 Å². The van der Waals surface area contributed by atoms with E-state index in [9.17, 15) is 23.1 Å². The lowest BCUT2D eigenvalue weighted by Crippen LogP contribution is -2.48. The number of primary sulfonamides is 1. The molecule has 21 heavy (non-hydrogen) atoms. The molecule has 1 saturated carbocycles. The number of likely N-dealkylation sites (tertiary alicyclic amines) is 1. The molecule has 2 rings (SSSR count). The van der Waals surface area contributed by atoms with Gasteiger partial charge in [-0.3, -0.25) is 0 Å². The average Bonchev–Trinajstić information content (AvgIpc) is 2.91. The summed E-state index contributed by atoms with van der Waals surface area (Å²) < 4.78 is 21.6. The first-order valence-electron chi connectivity index (χ1n) is 7.07. The number of carbonyl (C=O) groups is 2. The summed E-state index contributed by atoms with van der Waals surface area (Å²) in [5.41, 5.74) is 0. The highest BCUT2D eigenvalue weighted by atomic mass is 32.2. The summed E-state index contributed by atoms with van der Waals surface area (Å²) in [5, 5.41) is 16.8. The lowest BCUT2D eigenvalue weighted by molar-refractivity contribution is -0.142.